The van der Waals surface area contributed by atoms with Gasteiger partial charge in [0.25, 0.3) is 5.91 Å². The first-order valence-corrected chi connectivity index (χ1v) is 11.8. The minimum Gasteiger partial charge on any atom is -0.456 e. The number of aromatic nitrogens is 1. The predicted molar refractivity (Wildman–Crippen MR) is 123 cm³/mol. The molecule has 1 saturated heterocycles. The third kappa shape index (κ3) is 4.41. The monoisotopic (exact) mass is 475 g/mol. The van der Waals surface area contributed by atoms with Gasteiger partial charge in [-0.05, 0) is 36.2 Å². The number of thioether (sulfide) groups is 1. The fourth-order valence-corrected chi connectivity index (χ4v) is 5.46. The number of aryl methyl sites for hydroxylation is 1. The number of furan rings is 1. The van der Waals surface area contributed by atoms with E-state index in [1.54, 1.807) is 43.6 Å². The predicted octanol–water partition coefficient (Wildman–Crippen LogP) is 2.56. The molecule has 1 aromatic carbocycles. The average molecular weight is 476 g/mol. The highest BCUT2D eigenvalue weighted by Gasteiger charge is 2.23. The summed E-state index contributed by atoms with van der Waals surface area (Å²) in [6.07, 6.45) is 4.92. The van der Waals surface area contributed by atoms with Crippen LogP contribution in [0.1, 0.15) is 11.3 Å². The van der Waals surface area contributed by atoms with E-state index in [0.717, 1.165) is 10.9 Å². The van der Waals surface area contributed by atoms with Crippen molar-refractivity contribution >= 4 is 61.3 Å². The van der Waals surface area contributed by atoms with E-state index in [9.17, 15) is 13.2 Å². The van der Waals surface area contributed by atoms with Crippen molar-refractivity contribution in [3.05, 3.63) is 52.9 Å². The van der Waals surface area contributed by atoms with Gasteiger partial charge in [-0.15, -0.1) is 0 Å². The number of fused-ring (bicyclic) bond motifs is 1. The molecule has 3 N–H and O–H groups in total. The summed E-state index contributed by atoms with van der Waals surface area (Å²) in [5.74, 6) is 0.215. The maximum absolute atomic E-state index is 12.4. The Labute approximate surface area is 187 Å². The molecule has 3 aromatic rings. The number of carbonyl (C=O) groups excluding carboxylic acids is 1. The SMILES string of the molecule is Cc1cc(-c2cncc3cc(C=C4SC(=S)NC4=O)oc23)ccc1S(=O)(=O)NCCO. The molecule has 0 unspecified atom stereocenters. The van der Waals surface area contributed by atoms with Gasteiger partial charge in [-0.1, -0.05) is 30.0 Å². The molecule has 0 saturated carbocycles. The number of thiocarbonyl (C=S) groups is 1. The lowest BCUT2D eigenvalue weighted by atomic mass is 10.0. The minimum absolute atomic E-state index is 0.0571. The number of aliphatic hydroxyl groups excluding tert-OH is 1. The first-order chi connectivity index (χ1) is 14.8. The summed E-state index contributed by atoms with van der Waals surface area (Å²) >= 11 is 6.17. The molecule has 8 nitrogen and oxygen atoms in total. The molecule has 2 aromatic heterocycles. The summed E-state index contributed by atoms with van der Waals surface area (Å²) in [6, 6.07) is 6.70. The van der Waals surface area contributed by atoms with Crippen LogP contribution in [0.2, 0.25) is 0 Å². The molecule has 1 aliphatic rings. The van der Waals surface area contributed by atoms with Crippen molar-refractivity contribution < 1.29 is 22.7 Å². The van der Waals surface area contributed by atoms with Crippen LogP contribution in [0.15, 0.2) is 50.9 Å². The number of nitrogens with zero attached hydrogens (tertiary/aromatic N) is 1. The normalized spacial score (nSPS) is 15.7. The third-order valence-corrected chi connectivity index (χ3v) is 7.32. The van der Waals surface area contributed by atoms with Crippen molar-refractivity contribution in [3.63, 3.8) is 0 Å². The van der Waals surface area contributed by atoms with Gasteiger partial charge in [0.05, 0.1) is 16.4 Å². The topological polar surface area (TPSA) is 122 Å². The Morgan fingerprint density at radius 2 is 2.13 bits per heavy atom. The van der Waals surface area contributed by atoms with Crippen molar-refractivity contribution in [3.8, 4) is 11.1 Å². The van der Waals surface area contributed by atoms with Gasteiger partial charge in [0, 0.05) is 36.0 Å². The van der Waals surface area contributed by atoms with Crippen LogP contribution in [0.4, 0.5) is 0 Å². The van der Waals surface area contributed by atoms with E-state index >= 15 is 0 Å². The van der Waals surface area contributed by atoms with E-state index in [1.165, 1.54) is 17.8 Å². The summed E-state index contributed by atoms with van der Waals surface area (Å²) < 4.78 is 33.5. The van der Waals surface area contributed by atoms with Crippen LogP contribution in [0.5, 0.6) is 0 Å². The Bertz CT molecular complexity index is 1350. The molecular formula is C20H17N3O5S3. The highest BCUT2D eigenvalue weighted by atomic mass is 32.2. The molecule has 1 fully saturated rings. The second-order valence-electron chi connectivity index (χ2n) is 6.71. The van der Waals surface area contributed by atoms with Gasteiger partial charge in [-0.3, -0.25) is 9.78 Å². The lowest BCUT2D eigenvalue weighted by Gasteiger charge is -2.10. The molecule has 1 amide bonds. The highest BCUT2D eigenvalue weighted by Crippen LogP contribution is 2.34. The van der Waals surface area contributed by atoms with Crippen LogP contribution in [-0.2, 0) is 14.8 Å². The molecule has 0 aliphatic carbocycles. The van der Waals surface area contributed by atoms with Gasteiger partial charge in [0.2, 0.25) is 10.0 Å². The van der Waals surface area contributed by atoms with Crippen LogP contribution < -0.4 is 10.0 Å². The van der Waals surface area contributed by atoms with Gasteiger partial charge < -0.3 is 14.8 Å². The van der Waals surface area contributed by atoms with E-state index in [1.807, 2.05) is 0 Å². The second kappa shape index (κ2) is 8.52. The zero-order valence-corrected chi connectivity index (χ0v) is 18.7. The van der Waals surface area contributed by atoms with Crippen LogP contribution in [0, 0.1) is 6.92 Å². The number of nitrogens with one attached hydrogen (secondary N) is 2. The standard InChI is InChI=1S/C20H17N3O5S3/c1-11-6-12(2-3-17(11)31(26,27)22-4-5-24)15-10-21-9-13-7-14(28-18(13)15)8-16-19(25)23-20(29)30-16/h2-3,6-10,22,24H,4-5H2,1H3,(H,23,25,29). The summed E-state index contributed by atoms with van der Waals surface area (Å²) in [7, 11) is -3.72. The van der Waals surface area contributed by atoms with Crippen LogP contribution in [-0.4, -0.2) is 41.9 Å². The van der Waals surface area contributed by atoms with Crippen molar-refractivity contribution in [2.75, 3.05) is 13.2 Å². The average Bonchev–Trinajstić information content (AvgIpc) is 3.27. The van der Waals surface area contributed by atoms with Crippen molar-refractivity contribution in [1.82, 2.24) is 15.0 Å². The zero-order valence-electron chi connectivity index (χ0n) is 16.2. The smallest absolute Gasteiger partial charge is 0.263 e. The number of pyridine rings is 1. The number of carbonyl (C=O) groups is 1. The maximum Gasteiger partial charge on any atom is 0.263 e. The van der Waals surface area contributed by atoms with Gasteiger partial charge in [0.1, 0.15) is 15.7 Å². The summed E-state index contributed by atoms with van der Waals surface area (Å²) in [5, 5.41) is 12.2. The van der Waals surface area contributed by atoms with E-state index < -0.39 is 10.0 Å². The Morgan fingerprint density at radius 1 is 1.32 bits per heavy atom. The molecule has 31 heavy (non-hydrogen) atoms. The highest BCUT2D eigenvalue weighted by molar-refractivity contribution is 8.26. The number of rotatable bonds is 6. The van der Waals surface area contributed by atoms with E-state index in [-0.39, 0.29) is 24.0 Å². The summed E-state index contributed by atoms with van der Waals surface area (Å²) in [6.45, 7) is 1.35. The van der Waals surface area contributed by atoms with Crippen LogP contribution >= 0.6 is 24.0 Å². The van der Waals surface area contributed by atoms with Gasteiger partial charge in [0.15, 0.2) is 0 Å². The van der Waals surface area contributed by atoms with E-state index in [2.05, 4.69) is 15.0 Å². The quantitative estimate of drug-likeness (QED) is 0.367. The molecule has 11 heteroatoms. The zero-order chi connectivity index (χ0) is 22.2. The Kier molecular flexibility index (Phi) is 5.95. The van der Waals surface area contributed by atoms with Gasteiger partial charge >= 0.3 is 0 Å². The maximum atomic E-state index is 12.4. The molecule has 0 radical (unpaired) electrons. The van der Waals surface area contributed by atoms with Crippen molar-refractivity contribution in [1.29, 1.82) is 0 Å². The van der Waals surface area contributed by atoms with Crippen molar-refractivity contribution in [2.24, 2.45) is 0 Å². The molecule has 4 rings (SSSR count). The van der Waals surface area contributed by atoms with Gasteiger partial charge in [-0.2, -0.15) is 0 Å². The Balaban J connectivity index is 1.73. The first-order valence-electron chi connectivity index (χ1n) is 9.12. The van der Waals surface area contributed by atoms with Crippen molar-refractivity contribution in [2.45, 2.75) is 11.8 Å². The Morgan fingerprint density at radius 3 is 2.81 bits per heavy atom. The largest absolute Gasteiger partial charge is 0.456 e. The van der Waals surface area contributed by atoms with E-state index in [0.29, 0.717) is 31.7 Å². The first kappa shape index (κ1) is 21.7. The molecular weight excluding hydrogens is 458 g/mol. The number of sulfonamides is 1. The summed E-state index contributed by atoms with van der Waals surface area (Å²) in [5.41, 5.74) is 2.54. The Hall–Kier alpha value is -2.57. The van der Waals surface area contributed by atoms with Gasteiger partial charge in [-0.25, -0.2) is 13.1 Å². The number of amides is 1. The lowest BCUT2D eigenvalue weighted by molar-refractivity contribution is -0.115. The lowest BCUT2D eigenvalue weighted by Crippen LogP contribution is -2.27. The molecule has 1 aliphatic heterocycles. The molecule has 3 heterocycles. The molecule has 0 atom stereocenters. The van der Waals surface area contributed by atoms with E-state index in [4.69, 9.17) is 21.7 Å². The molecule has 160 valence electrons. The third-order valence-electron chi connectivity index (χ3n) is 4.54. The second-order valence-corrected chi connectivity index (χ2v) is 10.2. The van der Waals surface area contributed by atoms with Crippen LogP contribution in [0.3, 0.4) is 0 Å². The fraction of sp³-hybridized carbons (Fsp3) is 0.150. The number of aliphatic hydroxyl groups is 1. The number of hydrogen-bond acceptors (Lipinski definition) is 8. The number of benzene rings is 1. The fourth-order valence-electron chi connectivity index (χ4n) is 3.19. The summed E-state index contributed by atoms with van der Waals surface area (Å²) in [4.78, 5) is 16.7. The number of hydrogen-bond donors (Lipinski definition) is 3. The minimum atomic E-state index is -3.72. The van der Waals surface area contributed by atoms with Crippen LogP contribution in [0.25, 0.3) is 28.2 Å². The molecule has 0 bridgehead atoms. The molecule has 0 spiro atoms.